The lowest BCUT2D eigenvalue weighted by Crippen LogP contribution is -2.27. The lowest BCUT2D eigenvalue weighted by atomic mass is 10.2. The molecule has 0 aliphatic carbocycles. The largest absolute Gasteiger partial charge is 0.383 e. The third-order valence-electron chi connectivity index (χ3n) is 3.36. The van der Waals surface area contributed by atoms with Crippen molar-refractivity contribution in [2.45, 2.75) is 71.1 Å². The number of hydrogen-bond acceptors (Lipinski definition) is 5. The van der Waals surface area contributed by atoms with Gasteiger partial charge in [0.25, 0.3) is 0 Å². The number of rotatable bonds is 12. The summed E-state index contributed by atoms with van der Waals surface area (Å²) in [6.45, 7) is 3.67. The Labute approximate surface area is 121 Å². The molecule has 0 fully saturated rings. The third kappa shape index (κ3) is 5.47. The summed E-state index contributed by atoms with van der Waals surface area (Å²) in [5.74, 6) is -1.52. The average Bonchev–Trinajstić information content (AvgIpc) is 2.45. The first-order valence-corrected chi connectivity index (χ1v) is 9.27. The van der Waals surface area contributed by atoms with Crippen LogP contribution in [0.1, 0.15) is 65.2 Å². The van der Waals surface area contributed by atoms with E-state index >= 15 is 0 Å². The minimum Gasteiger partial charge on any atom is -0.383 e. The van der Waals surface area contributed by atoms with Crippen molar-refractivity contribution >= 4 is 18.2 Å². The van der Waals surface area contributed by atoms with E-state index in [1.54, 1.807) is 0 Å². The molecule has 20 heavy (non-hydrogen) atoms. The van der Waals surface area contributed by atoms with Gasteiger partial charge < -0.3 is 15.4 Å². The van der Waals surface area contributed by atoms with E-state index in [2.05, 4.69) is 0 Å². The van der Waals surface area contributed by atoms with E-state index < -0.39 is 24.0 Å². The van der Waals surface area contributed by atoms with Crippen LogP contribution in [0.4, 0.5) is 0 Å². The normalized spacial score (nSPS) is 13.2. The molecule has 0 radical (unpaired) electrons. The molecule has 3 N–H and O–H groups in total. The van der Waals surface area contributed by atoms with E-state index in [1.165, 1.54) is 0 Å². The molecule has 0 rings (SSSR count). The quantitative estimate of drug-likeness (QED) is 0.427. The number of carbonyl (C=O) groups excluding carboxylic acids is 2. The maximum atomic E-state index is 12.7. The molecule has 0 aliphatic rings. The highest BCUT2D eigenvalue weighted by Crippen LogP contribution is 2.53. The molecular formula is C14H28NO4P. The Morgan fingerprint density at radius 3 is 1.70 bits per heavy atom. The third-order valence-corrected chi connectivity index (χ3v) is 6.34. The number of aliphatic hydroxyl groups is 1. The van der Waals surface area contributed by atoms with E-state index in [-0.39, 0.29) is 19.4 Å². The van der Waals surface area contributed by atoms with Crippen molar-refractivity contribution in [3.8, 4) is 0 Å². The van der Waals surface area contributed by atoms with Gasteiger partial charge in [0.2, 0.25) is 18.2 Å². The molecule has 0 spiro atoms. The lowest BCUT2D eigenvalue weighted by molar-refractivity contribution is -0.115. The molecule has 0 heterocycles. The molecule has 118 valence electrons. The Morgan fingerprint density at radius 1 is 1.00 bits per heavy atom. The molecular weight excluding hydrogens is 277 g/mol. The topological polar surface area (TPSA) is 97.5 Å². The van der Waals surface area contributed by atoms with E-state index in [1.807, 2.05) is 13.8 Å². The van der Waals surface area contributed by atoms with Crippen molar-refractivity contribution in [1.82, 2.24) is 0 Å². The number of hydrogen-bond donors (Lipinski definition) is 2. The summed E-state index contributed by atoms with van der Waals surface area (Å²) >= 11 is 0. The molecule has 0 aromatic carbocycles. The zero-order chi connectivity index (χ0) is 15.6. The van der Waals surface area contributed by atoms with Gasteiger partial charge in [-0.3, -0.25) is 9.59 Å². The Bertz CT molecular complexity index is 331. The summed E-state index contributed by atoms with van der Waals surface area (Å²) in [5, 5.41) is 9.80. The van der Waals surface area contributed by atoms with Crippen LogP contribution in [0.3, 0.4) is 0 Å². The predicted molar refractivity (Wildman–Crippen MR) is 81.0 cm³/mol. The van der Waals surface area contributed by atoms with Gasteiger partial charge in [0.05, 0.1) is 0 Å². The smallest absolute Gasteiger partial charge is 0.239 e. The van der Waals surface area contributed by atoms with Crippen molar-refractivity contribution in [2.24, 2.45) is 5.73 Å². The minimum absolute atomic E-state index is 0.0850. The number of unbranched alkanes of at least 4 members (excludes halogenated alkanes) is 4. The van der Waals surface area contributed by atoms with Crippen LogP contribution in [-0.2, 0) is 14.2 Å². The van der Waals surface area contributed by atoms with Crippen molar-refractivity contribution in [3.05, 3.63) is 0 Å². The van der Waals surface area contributed by atoms with E-state index in [4.69, 9.17) is 5.73 Å². The van der Waals surface area contributed by atoms with Gasteiger partial charge in [-0.15, -0.1) is 0 Å². The van der Waals surface area contributed by atoms with Crippen LogP contribution in [-0.4, -0.2) is 28.5 Å². The van der Waals surface area contributed by atoms with E-state index in [0.29, 0.717) is 12.8 Å². The first-order chi connectivity index (χ1) is 9.44. The van der Waals surface area contributed by atoms with E-state index in [0.717, 1.165) is 25.7 Å². The summed E-state index contributed by atoms with van der Waals surface area (Å²) < 4.78 is 12.7. The number of carbonyl (C=O) groups is 2. The van der Waals surface area contributed by atoms with Gasteiger partial charge in [-0.25, -0.2) is 0 Å². The molecule has 1 atom stereocenters. The second-order valence-corrected chi connectivity index (χ2v) is 7.99. The fourth-order valence-electron chi connectivity index (χ4n) is 2.00. The summed E-state index contributed by atoms with van der Waals surface area (Å²) in [7, 11) is -3.92. The molecule has 0 amide bonds. The standard InChI is InChI=1S/C14H28NO4P/c1-3-5-7-9-12(16)20(19,14(18)11-15)13(17)10-8-6-4-2/h14,18H,3-11,15H2,1-2H3. The number of aliphatic hydroxyl groups excluding tert-OH is 1. The SMILES string of the molecule is CCCCCC(=O)P(=O)(C(=O)CCCCC)C(O)CN. The van der Waals surface area contributed by atoms with Gasteiger partial charge in [0.15, 0.2) is 0 Å². The van der Waals surface area contributed by atoms with Crippen molar-refractivity contribution in [2.75, 3.05) is 6.54 Å². The molecule has 0 aromatic heterocycles. The fraction of sp³-hybridized carbons (Fsp3) is 0.857. The molecule has 0 aliphatic heterocycles. The zero-order valence-corrected chi connectivity index (χ0v) is 13.5. The van der Waals surface area contributed by atoms with Crippen LogP contribution in [0.15, 0.2) is 0 Å². The van der Waals surface area contributed by atoms with Gasteiger partial charge in [-0.2, -0.15) is 0 Å². The summed E-state index contributed by atoms with van der Waals surface area (Å²) in [5.41, 5.74) is 4.10. The predicted octanol–water partition coefficient (Wildman–Crippen LogP) is 2.84. The van der Waals surface area contributed by atoms with E-state index in [9.17, 15) is 19.3 Å². The van der Waals surface area contributed by atoms with Crippen molar-refractivity contribution in [3.63, 3.8) is 0 Å². The first kappa shape index (κ1) is 19.5. The summed E-state index contributed by atoms with van der Waals surface area (Å²) in [6, 6.07) is 0. The molecule has 5 nitrogen and oxygen atoms in total. The highest BCUT2D eigenvalue weighted by Gasteiger charge is 2.44. The molecule has 1 unspecified atom stereocenters. The molecule has 0 aromatic rings. The average molecular weight is 305 g/mol. The Kier molecular flexibility index (Phi) is 9.99. The molecule has 6 heteroatoms. The summed E-state index contributed by atoms with van der Waals surface area (Å²) in [4.78, 5) is 24.2. The Morgan fingerprint density at radius 2 is 1.40 bits per heavy atom. The van der Waals surface area contributed by atoms with Crippen LogP contribution < -0.4 is 5.73 Å². The van der Waals surface area contributed by atoms with Gasteiger partial charge in [0.1, 0.15) is 5.85 Å². The molecule has 0 bridgehead atoms. The highest BCUT2D eigenvalue weighted by molar-refractivity contribution is 7.94. The van der Waals surface area contributed by atoms with Gasteiger partial charge in [0, 0.05) is 19.4 Å². The van der Waals surface area contributed by atoms with Gasteiger partial charge >= 0.3 is 0 Å². The lowest BCUT2D eigenvalue weighted by Gasteiger charge is -2.20. The monoisotopic (exact) mass is 305 g/mol. The van der Waals surface area contributed by atoms with Crippen LogP contribution in [0.5, 0.6) is 0 Å². The minimum atomic E-state index is -3.92. The summed E-state index contributed by atoms with van der Waals surface area (Å²) in [6.07, 6.45) is 4.91. The Balaban J connectivity index is 4.86. The van der Waals surface area contributed by atoms with Crippen LogP contribution in [0, 0.1) is 0 Å². The maximum absolute atomic E-state index is 12.7. The second kappa shape index (κ2) is 10.3. The molecule has 0 saturated heterocycles. The van der Waals surface area contributed by atoms with Crippen molar-refractivity contribution < 1.29 is 19.3 Å². The molecule has 0 saturated carbocycles. The number of nitrogens with two attached hydrogens (primary N) is 1. The van der Waals surface area contributed by atoms with Crippen LogP contribution in [0.25, 0.3) is 0 Å². The van der Waals surface area contributed by atoms with Crippen LogP contribution >= 0.6 is 7.14 Å². The zero-order valence-electron chi connectivity index (χ0n) is 12.6. The second-order valence-electron chi connectivity index (χ2n) is 5.08. The van der Waals surface area contributed by atoms with Crippen molar-refractivity contribution in [1.29, 1.82) is 0 Å². The van der Waals surface area contributed by atoms with Crippen LogP contribution in [0.2, 0.25) is 0 Å². The van der Waals surface area contributed by atoms with Gasteiger partial charge in [-0.1, -0.05) is 39.5 Å². The highest BCUT2D eigenvalue weighted by atomic mass is 31.2. The maximum Gasteiger partial charge on any atom is 0.239 e. The first-order valence-electron chi connectivity index (χ1n) is 7.49. The van der Waals surface area contributed by atoms with Gasteiger partial charge in [-0.05, 0) is 12.8 Å². The Hall–Kier alpha value is -0.510. The fourth-order valence-corrected chi connectivity index (χ4v) is 4.23.